The highest BCUT2D eigenvalue weighted by Gasteiger charge is 2.47. The zero-order chi connectivity index (χ0) is 21.1. The van der Waals surface area contributed by atoms with Crippen LogP contribution in [0.3, 0.4) is 0 Å². The van der Waals surface area contributed by atoms with Crippen molar-refractivity contribution < 1.29 is 0 Å². The average molecular weight is 402 g/mol. The normalized spacial score (nSPS) is 16.9. The van der Waals surface area contributed by atoms with Crippen LogP contribution in [0.25, 0.3) is 49.2 Å². The molecule has 4 aromatic heterocycles. The van der Waals surface area contributed by atoms with Gasteiger partial charge in [-0.2, -0.15) is 0 Å². The van der Waals surface area contributed by atoms with E-state index in [0.29, 0.717) is 0 Å². The fourth-order valence-corrected chi connectivity index (χ4v) is 6.08. The fraction of sp³-hybridized carbons (Fsp3) is 0.214. The predicted octanol–water partition coefficient (Wildman–Crippen LogP) is 6.86. The molecule has 2 aromatic carbocycles. The van der Waals surface area contributed by atoms with Crippen LogP contribution in [0.15, 0.2) is 67.3 Å². The SMILES string of the molecule is CC1(C)c2ccccc2-c2cc3c4ccncc4n4c5cnccc5c(c2C1(C)C)c34. The standard InChI is InChI=1S/C28H23N3/c1-27(2)21-8-6-5-7-16(21)19-13-20-17-9-11-29-14-22(17)31-23-15-30-12-10-18(23)24(26(20)31)25(19)28(27,3)4/h5-15H,1-4H3. The molecule has 150 valence electrons. The molecule has 0 amide bonds. The van der Waals surface area contributed by atoms with Crippen molar-refractivity contribution in [3.05, 3.63) is 78.4 Å². The Morgan fingerprint density at radius 1 is 0.710 bits per heavy atom. The van der Waals surface area contributed by atoms with Crippen LogP contribution in [0.4, 0.5) is 0 Å². The first kappa shape index (κ1) is 17.2. The van der Waals surface area contributed by atoms with Crippen LogP contribution < -0.4 is 0 Å². The highest BCUT2D eigenvalue weighted by Crippen LogP contribution is 2.58. The van der Waals surface area contributed by atoms with E-state index in [9.17, 15) is 0 Å². The van der Waals surface area contributed by atoms with E-state index < -0.39 is 0 Å². The number of hydrogen-bond acceptors (Lipinski definition) is 2. The van der Waals surface area contributed by atoms with Gasteiger partial charge < -0.3 is 4.40 Å². The summed E-state index contributed by atoms with van der Waals surface area (Å²) in [4.78, 5) is 8.94. The van der Waals surface area contributed by atoms with Gasteiger partial charge in [0.1, 0.15) is 0 Å². The molecule has 0 aliphatic heterocycles. The molecule has 0 unspecified atom stereocenters. The number of rotatable bonds is 0. The molecule has 7 rings (SSSR count). The maximum atomic E-state index is 4.48. The molecule has 0 saturated heterocycles. The Labute approximate surface area is 180 Å². The van der Waals surface area contributed by atoms with Crippen LogP contribution in [0.5, 0.6) is 0 Å². The summed E-state index contributed by atoms with van der Waals surface area (Å²) in [5.41, 5.74) is 9.15. The topological polar surface area (TPSA) is 30.2 Å². The molecular weight excluding hydrogens is 378 g/mol. The van der Waals surface area contributed by atoms with E-state index >= 15 is 0 Å². The molecule has 31 heavy (non-hydrogen) atoms. The van der Waals surface area contributed by atoms with Gasteiger partial charge in [0, 0.05) is 39.4 Å². The van der Waals surface area contributed by atoms with Gasteiger partial charge in [-0.25, -0.2) is 0 Å². The summed E-state index contributed by atoms with van der Waals surface area (Å²) in [5.74, 6) is 0. The predicted molar refractivity (Wildman–Crippen MR) is 128 cm³/mol. The highest BCUT2D eigenvalue weighted by molar-refractivity contribution is 6.26. The van der Waals surface area contributed by atoms with Crippen LogP contribution in [-0.2, 0) is 10.8 Å². The maximum Gasteiger partial charge on any atom is 0.0725 e. The lowest BCUT2D eigenvalue weighted by Gasteiger charge is -2.48. The monoisotopic (exact) mass is 401 g/mol. The van der Waals surface area contributed by atoms with Crippen molar-refractivity contribution in [1.82, 2.24) is 14.4 Å². The quantitative estimate of drug-likeness (QED) is 0.278. The number of pyridine rings is 2. The Morgan fingerprint density at radius 3 is 2.16 bits per heavy atom. The third-order valence-electron chi connectivity index (χ3n) is 8.24. The van der Waals surface area contributed by atoms with Gasteiger partial charge in [-0.15, -0.1) is 0 Å². The highest BCUT2D eigenvalue weighted by atomic mass is 14.9. The lowest BCUT2D eigenvalue weighted by molar-refractivity contribution is 0.301. The zero-order valence-electron chi connectivity index (χ0n) is 18.2. The maximum absolute atomic E-state index is 4.48. The summed E-state index contributed by atoms with van der Waals surface area (Å²) in [6.45, 7) is 9.62. The van der Waals surface area contributed by atoms with Gasteiger partial charge in [0.15, 0.2) is 0 Å². The van der Waals surface area contributed by atoms with E-state index in [2.05, 4.69) is 84.5 Å². The van der Waals surface area contributed by atoms with Crippen molar-refractivity contribution in [2.75, 3.05) is 0 Å². The van der Waals surface area contributed by atoms with E-state index in [0.717, 1.165) is 11.0 Å². The molecule has 0 radical (unpaired) electrons. The van der Waals surface area contributed by atoms with Crippen molar-refractivity contribution >= 4 is 38.1 Å². The molecule has 1 aliphatic carbocycles. The second-order valence-corrected chi connectivity index (χ2v) is 9.99. The largest absolute Gasteiger partial charge is 0.305 e. The third-order valence-corrected chi connectivity index (χ3v) is 8.24. The first-order valence-corrected chi connectivity index (χ1v) is 10.9. The molecule has 3 heteroatoms. The molecule has 1 aliphatic rings. The minimum atomic E-state index is -0.0510. The molecule has 0 spiro atoms. The Bertz CT molecular complexity index is 1680. The minimum absolute atomic E-state index is 0.00501. The first-order chi connectivity index (χ1) is 14.9. The van der Waals surface area contributed by atoms with Gasteiger partial charge in [0.25, 0.3) is 0 Å². The van der Waals surface area contributed by atoms with Gasteiger partial charge in [-0.1, -0.05) is 52.0 Å². The van der Waals surface area contributed by atoms with Gasteiger partial charge >= 0.3 is 0 Å². The Hall–Kier alpha value is -3.46. The first-order valence-electron chi connectivity index (χ1n) is 10.9. The summed E-state index contributed by atoms with van der Waals surface area (Å²) in [5, 5.41) is 5.20. The summed E-state index contributed by atoms with van der Waals surface area (Å²) in [6.07, 6.45) is 7.82. The van der Waals surface area contributed by atoms with E-state index in [4.69, 9.17) is 0 Å². The smallest absolute Gasteiger partial charge is 0.0725 e. The fourth-order valence-electron chi connectivity index (χ4n) is 6.08. The average Bonchev–Trinajstić information content (AvgIpc) is 3.29. The third kappa shape index (κ3) is 1.79. The lowest BCUT2D eigenvalue weighted by Crippen LogP contribution is -2.43. The Balaban J connectivity index is 1.86. The summed E-state index contributed by atoms with van der Waals surface area (Å²) in [6, 6.07) is 15.7. The molecule has 0 bridgehead atoms. The van der Waals surface area contributed by atoms with Crippen molar-refractivity contribution in [3.63, 3.8) is 0 Å². The van der Waals surface area contributed by atoms with Gasteiger partial charge in [0.05, 0.1) is 28.9 Å². The molecular formula is C28H23N3. The van der Waals surface area contributed by atoms with Crippen LogP contribution in [0.2, 0.25) is 0 Å². The molecule has 4 heterocycles. The van der Waals surface area contributed by atoms with E-state index in [1.807, 2.05) is 24.8 Å². The van der Waals surface area contributed by atoms with Crippen molar-refractivity contribution in [3.8, 4) is 11.1 Å². The summed E-state index contributed by atoms with van der Waals surface area (Å²) < 4.78 is 2.37. The van der Waals surface area contributed by atoms with Gasteiger partial charge in [0.2, 0.25) is 0 Å². The van der Waals surface area contributed by atoms with Crippen molar-refractivity contribution in [2.45, 2.75) is 38.5 Å². The van der Waals surface area contributed by atoms with Crippen LogP contribution in [-0.4, -0.2) is 14.4 Å². The molecule has 0 fully saturated rings. The molecule has 0 atom stereocenters. The van der Waals surface area contributed by atoms with E-state index in [-0.39, 0.29) is 10.8 Å². The van der Waals surface area contributed by atoms with E-state index in [1.54, 1.807) is 0 Å². The van der Waals surface area contributed by atoms with Crippen LogP contribution in [0.1, 0.15) is 38.8 Å². The molecule has 6 aromatic rings. The van der Waals surface area contributed by atoms with Gasteiger partial charge in [-0.05, 0) is 45.9 Å². The number of fused-ring (bicyclic) bond motifs is 10. The van der Waals surface area contributed by atoms with Gasteiger partial charge in [-0.3, -0.25) is 9.97 Å². The summed E-state index contributed by atoms with van der Waals surface area (Å²) in [7, 11) is 0. The number of benzene rings is 2. The van der Waals surface area contributed by atoms with Crippen molar-refractivity contribution in [2.24, 2.45) is 0 Å². The Kier molecular flexibility index (Phi) is 2.91. The number of aromatic nitrogens is 3. The van der Waals surface area contributed by atoms with Crippen LogP contribution in [0, 0.1) is 0 Å². The zero-order valence-corrected chi connectivity index (χ0v) is 18.2. The molecule has 3 nitrogen and oxygen atoms in total. The number of hydrogen-bond donors (Lipinski definition) is 0. The number of nitrogens with zero attached hydrogens (tertiary/aromatic N) is 3. The van der Waals surface area contributed by atoms with E-state index in [1.165, 1.54) is 49.3 Å². The Morgan fingerprint density at radius 2 is 1.39 bits per heavy atom. The lowest BCUT2D eigenvalue weighted by atomic mass is 9.55. The minimum Gasteiger partial charge on any atom is -0.305 e. The molecule has 0 N–H and O–H groups in total. The summed E-state index contributed by atoms with van der Waals surface area (Å²) >= 11 is 0. The second-order valence-electron chi connectivity index (χ2n) is 9.99. The van der Waals surface area contributed by atoms with Crippen LogP contribution >= 0.6 is 0 Å². The van der Waals surface area contributed by atoms with Crippen molar-refractivity contribution in [1.29, 1.82) is 0 Å². The molecule has 0 saturated carbocycles. The second kappa shape index (κ2) is 5.23.